The van der Waals surface area contributed by atoms with E-state index in [9.17, 15) is 9.90 Å². The first-order valence-electron chi connectivity index (χ1n) is 6.35. The van der Waals surface area contributed by atoms with Gasteiger partial charge >= 0.3 is 0 Å². The van der Waals surface area contributed by atoms with Crippen LogP contribution in [0.4, 0.5) is 5.69 Å². The van der Waals surface area contributed by atoms with Crippen LogP contribution in [0.3, 0.4) is 0 Å². The number of amides is 1. The van der Waals surface area contributed by atoms with Gasteiger partial charge in [-0.05, 0) is 48.5 Å². The molecular weight excluding hydrogens is 286 g/mol. The average molecular weight is 299 g/mol. The van der Waals surface area contributed by atoms with E-state index >= 15 is 0 Å². The minimum atomic E-state index is -0.193. The summed E-state index contributed by atoms with van der Waals surface area (Å²) in [5, 5.41) is 13.0. The number of nitrogens with one attached hydrogen (secondary N) is 2. The van der Waals surface area contributed by atoms with E-state index in [0.29, 0.717) is 15.8 Å². The van der Waals surface area contributed by atoms with Crippen LogP contribution in [0.25, 0.3) is 6.08 Å². The highest BCUT2D eigenvalue weighted by Gasteiger charge is 2.24. The number of amidine groups is 1. The van der Waals surface area contributed by atoms with Crippen molar-refractivity contribution in [2.75, 3.05) is 0 Å². The maximum Gasteiger partial charge on any atom is 0.264 e. The SMILES string of the molecule is Cc1cccc(O)c1N=C1NC(=O)/C(=C\c2ccc[nH]2)S1. The van der Waals surface area contributed by atoms with E-state index in [1.165, 1.54) is 11.8 Å². The van der Waals surface area contributed by atoms with Crippen molar-refractivity contribution < 1.29 is 9.90 Å². The number of hydrogen-bond acceptors (Lipinski definition) is 4. The van der Waals surface area contributed by atoms with Crippen LogP contribution in [0.5, 0.6) is 5.75 Å². The summed E-state index contributed by atoms with van der Waals surface area (Å²) in [7, 11) is 0. The molecule has 3 N–H and O–H groups in total. The molecule has 5 nitrogen and oxygen atoms in total. The van der Waals surface area contributed by atoms with E-state index < -0.39 is 0 Å². The number of rotatable bonds is 2. The Bertz CT molecular complexity index is 728. The molecule has 106 valence electrons. The summed E-state index contributed by atoms with van der Waals surface area (Å²) in [6, 6.07) is 8.93. The fraction of sp³-hybridized carbons (Fsp3) is 0.0667. The lowest BCUT2D eigenvalue weighted by atomic mass is 10.2. The molecule has 3 rings (SSSR count). The van der Waals surface area contributed by atoms with E-state index in [1.807, 2.05) is 25.1 Å². The summed E-state index contributed by atoms with van der Waals surface area (Å²) in [6.07, 6.45) is 3.56. The van der Waals surface area contributed by atoms with Crippen molar-refractivity contribution in [1.29, 1.82) is 0 Å². The summed E-state index contributed by atoms with van der Waals surface area (Å²) in [5.74, 6) is -0.0967. The molecule has 0 atom stereocenters. The van der Waals surface area contributed by atoms with Gasteiger partial charge in [-0.15, -0.1) is 0 Å². The van der Waals surface area contributed by atoms with Crippen molar-refractivity contribution in [2.24, 2.45) is 4.99 Å². The lowest BCUT2D eigenvalue weighted by Crippen LogP contribution is -2.19. The first-order chi connectivity index (χ1) is 10.1. The quantitative estimate of drug-likeness (QED) is 0.746. The minimum Gasteiger partial charge on any atom is -0.506 e. The van der Waals surface area contributed by atoms with Gasteiger partial charge in [-0.3, -0.25) is 4.79 Å². The first-order valence-corrected chi connectivity index (χ1v) is 7.17. The summed E-state index contributed by atoms with van der Waals surface area (Å²) in [6.45, 7) is 1.86. The van der Waals surface area contributed by atoms with Crippen LogP contribution in [-0.2, 0) is 4.79 Å². The first kappa shape index (κ1) is 13.5. The van der Waals surface area contributed by atoms with Gasteiger partial charge in [0, 0.05) is 11.9 Å². The van der Waals surface area contributed by atoms with Crippen molar-refractivity contribution >= 4 is 34.6 Å². The zero-order valence-corrected chi connectivity index (χ0v) is 12.1. The molecule has 1 aliphatic heterocycles. The van der Waals surface area contributed by atoms with Crippen LogP contribution in [0, 0.1) is 6.92 Å². The molecular formula is C15H13N3O2S. The number of phenolic OH excluding ortho intramolecular Hbond substituents is 1. The van der Waals surface area contributed by atoms with Crippen molar-refractivity contribution in [3.05, 3.63) is 52.7 Å². The number of nitrogens with zero attached hydrogens (tertiary/aromatic N) is 1. The number of thioether (sulfide) groups is 1. The Morgan fingerprint density at radius 1 is 1.29 bits per heavy atom. The minimum absolute atomic E-state index is 0.0964. The standard InChI is InChI=1S/C15H13N3O2S/c1-9-4-2-6-11(19)13(9)17-15-18-14(20)12(21-15)8-10-5-3-7-16-10/h2-8,16,19H,1H3,(H,17,18,20)/b12-8+. The third-order valence-corrected chi connectivity index (χ3v) is 3.90. The summed E-state index contributed by atoms with van der Waals surface area (Å²) in [5.41, 5.74) is 2.17. The van der Waals surface area contributed by atoms with Crippen molar-refractivity contribution in [3.63, 3.8) is 0 Å². The monoisotopic (exact) mass is 299 g/mol. The molecule has 1 aliphatic rings. The number of aromatic amines is 1. The van der Waals surface area contributed by atoms with Crippen LogP contribution in [0.1, 0.15) is 11.3 Å². The second kappa shape index (κ2) is 5.49. The smallest absolute Gasteiger partial charge is 0.264 e. The lowest BCUT2D eigenvalue weighted by molar-refractivity contribution is -0.115. The molecule has 1 fully saturated rings. The Balaban J connectivity index is 1.89. The maximum absolute atomic E-state index is 11.9. The zero-order valence-electron chi connectivity index (χ0n) is 11.3. The molecule has 0 unspecified atom stereocenters. The fourth-order valence-corrected chi connectivity index (χ4v) is 2.76. The van der Waals surface area contributed by atoms with Gasteiger partial charge in [0.05, 0.1) is 4.91 Å². The highest BCUT2D eigenvalue weighted by molar-refractivity contribution is 8.18. The van der Waals surface area contributed by atoms with Crippen molar-refractivity contribution in [1.82, 2.24) is 10.3 Å². The maximum atomic E-state index is 11.9. The van der Waals surface area contributed by atoms with E-state index in [4.69, 9.17) is 0 Å². The van der Waals surface area contributed by atoms with Crippen LogP contribution in [0.2, 0.25) is 0 Å². The van der Waals surface area contributed by atoms with E-state index in [1.54, 1.807) is 24.4 Å². The predicted octanol–water partition coefficient (Wildman–Crippen LogP) is 2.92. The molecule has 21 heavy (non-hydrogen) atoms. The molecule has 2 aromatic rings. The normalized spacial score (nSPS) is 18.4. The van der Waals surface area contributed by atoms with Crippen LogP contribution in [0.15, 0.2) is 46.4 Å². The number of aliphatic imine (C=N–C) groups is 1. The number of para-hydroxylation sites is 1. The Labute approximate surface area is 125 Å². The van der Waals surface area contributed by atoms with Crippen LogP contribution < -0.4 is 5.32 Å². The van der Waals surface area contributed by atoms with Gasteiger partial charge in [-0.2, -0.15) is 0 Å². The average Bonchev–Trinajstić information content (AvgIpc) is 3.06. The van der Waals surface area contributed by atoms with Crippen LogP contribution >= 0.6 is 11.8 Å². The van der Waals surface area contributed by atoms with Gasteiger partial charge in [0.15, 0.2) is 5.17 Å². The number of H-pyrrole nitrogens is 1. The number of carbonyl (C=O) groups is 1. The van der Waals surface area contributed by atoms with Gasteiger partial charge in [0.1, 0.15) is 11.4 Å². The lowest BCUT2D eigenvalue weighted by Gasteiger charge is -2.03. The predicted molar refractivity (Wildman–Crippen MR) is 84.4 cm³/mol. The third-order valence-electron chi connectivity index (χ3n) is 2.99. The Morgan fingerprint density at radius 2 is 2.14 bits per heavy atom. The number of aromatic nitrogens is 1. The molecule has 0 bridgehead atoms. The second-order valence-electron chi connectivity index (χ2n) is 4.55. The van der Waals surface area contributed by atoms with E-state index in [2.05, 4.69) is 15.3 Å². The molecule has 1 aromatic heterocycles. The number of aromatic hydroxyl groups is 1. The number of hydrogen-bond donors (Lipinski definition) is 3. The van der Waals surface area contributed by atoms with Gasteiger partial charge in [0.25, 0.3) is 5.91 Å². The van der Waals surface area contributed by atoms with E-state index in [0.717, 1.165) is 11.3 Å². The fourth-order valence-electron chi connectivity index (χ4n) is 1.95. The van der Waals surface area contributed by atoms with E-state index in [-0.39, 0.29) is 11.7 Å². The molecule has 2 heterocycles. The molecule has 0 radical (unpaired) electrons. The summed E-state index contributed by atoms with van der Waals surface area (Å²) >= 11 is 1.25. The highest BCUT2D eigenvalue weighted by Crippen LogP contribution is 2.33. The zero-order chi connectivity index (χ0) is 14.8. The van der Waals surface area contributed by atoms with Gasteiger partial charge in [-0.1, -0.05) is 12.1 Å². The molecule has 0 saturated carbocycles. The third kappa shape index (κ3) is 2.85. The summed E-state index contributed by atoms with van der Waals surface area (Å²) in [4.78, 5) is 19.8. The highest BCUT2D eigenvalue weighted by atomic mass is 32.2. The molecule has 0 spiro atoms. The van der Waals surface area contributed by atoms with Gasteiger partial charge < -0.3 is 15.4 Å². The molecule has 1 saturated heterocycles. The topological polar surface area (TPSA) is 77.5 Å². The van der Waals surface area contributed by atoms with Crippen molar-refractivity contribution in [3.8, 4) is 5.75 Å². The molecule has 1 amide bonds. The summed E-state index contributed by atoms with van der Waals surface area (Å²) < 4.78 is 0. The Kier molecular flexibility index (Phi) is 3.53. The molecule has 6 heteroatoms. The largest absolute Gasteiger partial charge is 0.506 e. The Morgan fingerprint density at radius 3 is 2.86 bits per heavy atom. The Hall–Kier alpha value is -2.47. The number of aryl methyl sites for hydroxylation is 1. The van der Waals surface area contributed by atoms with Gasteiger partial charge in [-0.25, -0.2) is 4.99 Å². The second-order valence-corrected chi connectivity index (χ2v) is 5.58. The van der Waals surface area contributed by atoms with Gasteiger partial charge in [0.2, 0.25) is 0 Å². The molecule has 1 aromatic carbocycles. The van der Waals surface area contributed by atoms with Crippen molar-refractivity contribution in [2.45, 2.75) is 6.92 Å². The molecule has 0 aliphatic carbocycles. The van der Waals surface area contributed by atoms with Crippen LogP contribution in [-0.4, -0.2) is 21.2 Å². The number of carbonyl (C=O) groups excluding carboxylic acids is 1. The number of phenols is 1. The number of benzene rings is 1.